The second-order valence-corrected chi connectivity index (χ2v) is 10.4. The summed E-state index contributed by atoms with van der Waals surface area (Å²) in [6, 6.07) is 18.2. The first-order valence-corrected chi connectivity index (χ1v) is 14.1. The van der Waals surface area contributed by atoms with Gasteiger partial charge in [-0.3, -0.25) is 9.36 Å². The lowest BCUT2D eigenvalue weighted by Gasteiger charge is -2.15. The molecule has 0 unspecified atom stereocenters. The van der Waals surface area contributed by atoms with Gasteiger partial charge in [0, 0.05) is 35.7 Å². The summed E-state index contributed by atoms with van der Waals surface area (Å²) < 4.78 is 7.50. The van der Waals surface area contributed by atoms with E-state index in [0.717, 1.165) is 72.3 Å². The van der Waals surface area contributed by atoms with Crippen LogP contribution in [0.25, 0.3) is 5.69 Å². The van der Waals surface area contributed by atoms with Crippen LogP contribution in [0.4, 0.5) is 0 Å². The second-order valence-electron chi connectivity index (χ2n) is 8.86. The molecule has 6 nitrogen and oxygen atoms in total. The van der Waals surface area contributed by atoms with E-state index in [1.165, 1.54) is 5.56 Å². The van der Waals surface area contributed by atoms with Crippen molar-refractivity contribution < 1.29 is 9.53 Å². The molecule has 37 heavy (non-hydrogen) atoms. The SMILES string of the molecule is COC1=CCCC=C1CNC(=O)CCCCc1nnc(SCCc2ccccc2)n1-c1cccc(Cl)c1. The zero-order valence-electron chi connectivity index (χ0n) is 21.2. The fraction of sp³-hybridized carbons (Fsp3) is 0.345. The smallest absolute Gasteiger partial charge is 0.220 e. The highest BCUT2D eigenvalue weighted by atomic mass is 35.5. The first-order chi connectivity index (χ1) is 18.1. The highest BCUT2D eigenvalue weighted by Crippen LogP contribution is 2.25. The van der Waals surface area contributed by atoms with E-state index < -0.39 is 0 Å². The quantitative estimate of drug-likeness (QED) is 0.204. The number of rotatable bonds is 13. The summed E-state index contributed by atoms with van der Waals surface area (Å²) in [5.41, 5.74) is 3.31. The van der Waals surface area contributed by atoms with Gasteiger partial charge in [0.05, 0.1) is 12.8 Å². The molecule has 1 aliphatic carbocycles. The minimum atomic E-state index is 0.0513. The van der Waals surface area contributed by atoms with E-state index in [-0.39, 0.29) is 5.91 Å². The molecule has 0 saturated heterocycles. The third-order valence-electron chi connectivity index (χ3n) is 6.19. The van der Waals surface area contributed by atoms with E-state index in [1.54, 1.807) is 18.9 Å². The lowest BCUT2D eigenvalue weighted by Crippen LogP contribution is -2.26. The fourth-order valence-electron chi connectivity index (χ4n) is 4.26. The number of halogens is 1. The number of unbranched alkanes of at least 4 members (excludes halogenated alkanes) is 1. The molecule has 194 valence electrons. The number of allylic oxidation sites excluding steroid dienone is 2. The molecule has 1 heterocycles. The Labute approximate surface area is 228 Å². The van der Waals surface area contributed by atoms with Crippen LogP contribution < -0.4 is 5.32 Å². The molecule has 0 aliphatic heterocycles. The molecular weight excluding hydrogens is 504 g/mol. The highest BCUT2D eigenvalue weighted by Gasteiger charge is 2.15. The number of benzene rings is 2. The van der Waals surface area contributed by atoms with E-state index in [4.69, 9.17) is 16.3 Å². The van der Waals surface area contributed by atoms with E-state index in [2.05, 4.69) is 56.5 Å². The lowest BCUT2D eigenvalue weighted by atomic mass is 10.0. The van der Waals surface area contributed by atoms with Gasteiger partial charge in [-0.25, -0.2) is 0 Å². The Kier molecular flexibility index (Phi) is 10.3. The molecule has 0 saturated carbocycles. The summed E-state index contributed by atoms with van der Waals surface area (Å²) in [7, 11) is 1.67. The molecule has 1 N–H and O–H groups in total. The lowest BCUT2D eigenvalue weighted by molar-refractivity contribution is -0.121. The van der Waals surface area contributed by atoms with Crippen LogP contribution in [0.1, 0.15) is 43.5 Å². The number of methoxy groups -OCH3 is 1. The number of carbonyl (C=O) groups excluding carboxylic acids is 1. The number of ether oxygens (including phenoxy) is 1. The number of hydrogen-bond acceptors (Lipinski definition) is 5. The number of thioether (sulfide) groups is 1. The summed E-state index contributed by atoms with van der Waals surface area (Å²) >= 11 is 7.99. The van der Waals surface area contributed by atoms with Gasteiger partial charge in [0.25, 0.3) is 0 Å². The van der Waals surface area contributed by atoms with Gasteiger partial charge in [0.15, 0.2) is 5.16 Å². The maximum Gasteiger partial charge on any atom is 0.220 e. The largest absolute Gasteiger partial charge is 0.497 e. The van der Waals surface area contributed by atoms with Gasteiger partial charge < -0.3 is 10.1 Å². The second kappa shape index (κ2) is 14.1. The topological polar surface area (TPSA) is 69.0 Å². The van der Waals surface area contributed by atoms with E-state index >= 15 is 0 Å². The average Bonchev–Trinajstić information content (AvgIpc) is 3.33. The minimum Gasteiger partial charge on any atom is -0.497 e. The Balaban J connectivity index is 1.31. The van der Waals surface area contributed by atoms with Crippen molar-refractivity contribution in [1.82, 2.24) is 20.1 Å². The molecule has 0 atom stereocenters. The van der Waals surface area contributed by atoms with Gasteiger partial charge in [-0.15, -0.1) is 10.2 Å². The molecule has 0 radical (unpaired) electrons. The van der Waals surface area contributed by atoms with E-state index in [0.29, 0.717) is 18.0 Å². The van der Waals surface area contributed by atoms with Crippen LogP contribution in [0.15, 0.2) is 83.2 Å². The zero-order valence-corrected chi connectivity index (χ0v) is 22.7. The Morgan fingerprint density at radius 3 is 2.70 bits per heavy atom. The maximum absolute atomic E-state index is 12.4. The van der Waals surface area contributed by atoms with Crippen LogP contribution >= 0.6 is 23.4 Å². The monoisotopic (exact) mass is 536 g/mol. The molecule has 8 heteroatoms. The van der Waals surface area contributed by atoms with Crippen molar-refractivity contribution in [2.75, 3.05) is 19.4 Å². The number of aromatic nitrogens is 3. The number of nitrogens with one attached hydrogen (secondary N) is 1. The average molecular weight is 537 g/mol. The first-order valence-electron chi connectivity index (χ1n) is 12.7. The molecule has 4 rings (SSSR count). The van der Waals surface area contributed by atoms with Gasteiger partial charge in [0.2, 0.25) is 5.91 Å². The summed E-state index contributed by atoms with van der Waals surface area (Å²) in [6.45, 7) is 0.505. The van der Waals surface area contributed by atoms with Crippen molar-refractivity contribution in [2.45, 2.75) is 50.1 Å². The van der Waals surface area contributed by atoms with Gasteiger partial charge in [-0.05, 0) is 61.9 Å². The third-order valence-corrected chi connectivity index (χ3v) is 7.35. The predicted molar refractivity (Wildman–Crippen MR) is 150 cm³/mol. The molecular formula is C29H33ClN4O2S. The third kappa shape index (κ3) is 7.98. The number of carbonyl (C=O) groups is 1. The summed E-state index contributed by atoms with van der Waals surface area (Å²) in [5, 5.41) is 13.5. The fourth-order valence-corrected chi connectivity index (χ4v) is 5.41. The Bertz CT molecular complexity index is 1240. The molecule has 0 spiro atoms. The summed E-state index contributed by atoms with van der Waals surface area (Å²) in [5.74, 6) is 2.70. The van der Waals surface area contributed by atoms with Gasteiger partial charge in [-0.1, -0.05) is 65.8 Å². The molecule has 3 aromatic rings. The summed E-state index contributed by atoms with van der Waals surface area (Å²) in [4.78, 5) is 12.4. The van der Waals surface area contributed by atoms with Crippen LogP contribution in [0.5, 0.6) is 0 Å². The van der Waals surface area contributed by atoms with Crippen molar-refractivity contribution in [3.05, 3.63) is 94.5 Å². The Morgan fingerprint density at radius 2 is 1.89 bits per heavy atom. The van der Waals surface area contributed by atoms with Crippen molar-refractivity contribution in [3.63, 3.8) is 0 Å². The van der Waals surface area contributed by atoms with Crippen molar-refractivity contribution in [3.8, 4) is 5.69 Å². The van der Waals surface area contributed by atoms with Crippen LogP contribution in [0.3, 0.4) is 0 Å². The van der Waals surface area contributed by atoms with Crippen molar-refractivity contribution in [1.29, 1.82) is 0 Å². The molecule has 1 aliphatic rings. The van der Waals surface area contributed by atoms with Gasteiger partial charge in [0.1, 0.15) is 11.6 Å². The molecule has 1 amide bonds. The van der Waals surface area contributed by atoms with E-state index in [9.17, 15) is 4.79 Å². The molecule has 0 bridgehead atoms. The maximum atomic E-state index is 12.4. The van der Waals surface area contributed by atoms with Crippen LogP contribution in [0.2, 0.25) is 5.02 Å². The van der Waals surface area contributed by atoms with Crippen molar-refractivity contribution >= 4 is 29.3 Å². The number of aryl methyl sites for hydroxylation is 2. The van der Waals surface area contributed by atoms with Crippen molar-refractivity contribution in [2.24, 2.45) is 0 Å². The normalized spacial score (nSPS) is 13.1. The first kappa shape index (κ1) is 27.0. The van der Waals surface area contributed by atoms with Gasteiger partial charge >= 0.3 is 0 Å². The molecule has 0 fully saturated rings. The van der Waals surface area contributed by atoms with Gasteiger partial charge in [-0.2, -0.15) is 0 Å². The van der Waals surface area contributed by atoms with Crippen LogP contribution in [0, 0.1) is 0 Å². The molecule has 1 aromatic heterocycles. The number of amides is 1. The van der Waals surface area contributed by atoms with E-state index in [1.807, 2.05) is 30.3 Å². The Hall–Kier alpha value is -3.03. The Morgan fingerprint density at radius 1 is 1.05 bits per heavy atom. The minimum absolute atomic E-state index is 0.0513. The predicted octanol–water partition coefficient (Wildman–Crippen LogP) is 6.34. The standard InChI is InChI=1S/C29H33ClN4O2S/c1-36-26-15-6-5-12-23(26)21-31-28(35)17-8-7-16-27-32-33-29(34(27)25-14-9-13-24(30)20-25)37-19-18-22-10-3-2-4-11-22/h2-4,9-15,20H,5-8,16-19,21H2,1H3,(H,31,35). The molecule has 2 aromatic carbocycles. The zero-order chi connectivity index (χ0) is 25.9. The summed E-state index contributed by atoms with van der Waals surface area (Å²) in [6.07, 6.45) is 9.95. The van der Waals surface area contributed by atoms with Crippen LogP contribution in [-0.2, 0) is 22.4 Å². The van der Waals surface area contributed by atoms with Crippen LogP contribution in [-0.4, -0.2) is 40.1 Å². The number of nitrogens with zero attached hydrogens (tertiary/aromatic N) is 3. The highest BCUT2D eigenvalue weighted by molar-refractivity contribution is 7.99. The number of hydrogen-bond donors (Lipinski definition) is 1.